The zero-order valence-electron chi connectivity index (χ0n) is 15.8. The third kappa shape index (κ3) is 3.21. The first kappa shape index (κ1) is 18.0. The van der Waals surface area contributed by atoms with Crippen molar-refractivity contribution in [1.82, 2.24) is 19.6 Å². The normalized spacial score (nSPS) is 24.4. The van der Waals surface area contributed by atoms with Gasteiger partial charge in [-0.2, -0.15) is 5.10 Å². The number of hydrogen-bond acceptors (Lipinski definition) is 4. The van der Waals surface area contributed by atoms with Gasteiger partial charge >= 0.3 is 5.97 Å². The van der Waals surface area contributed by atoms with Crippen molar-refractivity contribution in [2.45, 2.75) is 45.1 Å². The van der Waals surface area contributed by atoms with Gasteiger partial charge in [-0.3, -0.25) is 14.3 Å². The van der Waals surface area contributed by atoms with Gasteiger partial charge in [0, 0.05) is 32.6 Å². The number of aryl methyl sites for hydroxylation is 2. The number of carbonyl (C=O) groups is 3. The zero-order chi connectivity index (χ0) is 19.3. The lowest BCUT2D eigenvalue weighted by molar-refractivity contribution is -0.148. The molecular formula is C19H26N4O4. The molecule has 1 aromatic rings. The molecule has 1 saturated carbocycles. The summed E-state index contributed by atoms with van der Waals surface area (Å²) >= 11 is 0. The number of rotatable bonds is 3. The molecule has 4 rings (SSSR count). The summed E-state index contributed by atoms with van der Waals surface area (Å²) < 4.78 is 1.61. The quantitative estimate of drug-likeness (QED) is 0.853. The summed E-state index contributed by atoms with van der Waals surface area (Å²) in [5.74, 6) is -0.920. The molecule has 0 bridgehead atoms. The molecule has 2 amide bonds. The Labute approximate surface area is 158 Å². The molecule has 3 fully saturated rings. The fourth-order valence-electron chi connectivity index (χ4n) is 4.59. The minimum absolute atomic E-state index is 0.00291. The van der Waals surface area contributed by atoms with Crippen LogP contribution in [0.15, 0.2) is 6.07 Å². The molecular weight excluding hydrogens is 348 g/mol. The molecule has 3 heterocycles. The molecule has 1 spiro atoms. The van der Waals surface area contributed by atoms with Crippen LogP contribution in [0.1, 0.15) is 48.3 Å². The summed E-state index contributed by atoms with van der Waals surface area (Å²) in [5.41, 5.74) is 1.19. The molecule has 0 aromatic carbocycles. The van der Waals surface area contributed by atoms with Gasteiger partial charge in [-0.1, -0.05) is 0 Å². The van der Waals surface area contributed by atoms with Gasteiger partial charge in [-0.15, -0.1) is 0 Å². The molecule has 2 aliphatic heterocycles. The van der Waals surface area contributed by atoms with E-state index in [-0.39, 0.29) is 23.1 Å². The number of aromatic nitrogens is 2. The van der Waals surface area contributed by atoms with E-state index in [1.165, 1.54) is 0 Å². The van der Waals surface area contributed by atoms with Gasteiger partial charge in [0.25, 0.3) is 5.91 Å². The molecule has 1 aromatic heterocycles. The van der Waals surface area contributed by atoms with Gasteiger partial charge in [0.15, 0.2) is 0 Å². The van der Waals surface area contributed by atoms with Crippen molar-refractivity contribution in [1.29, 1.82) is 0 Å². The van der Waals surface area contributed by atoms with E-state index in [9.17, 15) is 19.5 Å². The second kappa shape index (κ2) is 6.35. The fourth-order valence-corrected chi connectivity index (χ4v) is 4.59. The number of carboxylic acid groups (broad SMARTS) is 1. The van der Waals surface area contributed by atoms with Crippen LogP contribution in [0.25, 0.3) is 0 Å². The lowest BCUT2D eigenvalue weighted by Gasteiger charge is -2.39. The van der Waals surface area contributed by atoms with Crippen molar-refractivity contribution >= 4 is 17.8 Å². The highest BCUT2D eigenvalue weighted by Crippen LogP contribution is 2.45. The minimum atomic E-state index is -0.912. The van der Waals surface area contributed by atoms with Gasteiger partial charge in [0.1, 0.15) is 11.7 Å². The Morgan fingerprint density at radius 2 is 1.89 bits per heavy atom. The fraction of sp³-hybridized carbons (Fsp3) is 0.684. The number of carbonyl (C=O) groups excluding carboxylic acids is 2. The number of carboxylic acids is 1. The molecule has 1 atom stereocenters. The van der Waals surface area contributed by atoms with Crippen LogP contribution in [-0.2, 0) is 16.6 Å². The summed E-state index contributed by atoms with van der Waals surface area (Å²) in [7, 11) is 1.77. The van der Waals surface area contributed by atoms with Gasteiger partial charge in [0.2, 0.25) is 5.91 Å². The van der Waals surface area contributed by atoms with E-state index < -0.39 is 12.0 Å². The molecule has 8 nitrogen and oxygen atoms in total. The first-order valence-electron chi connectivity index (χ1n) is 9.63. The number of amides is 2. The average molecular weight is 374 g/mol. The van der Waals surface area contributed by atoms with Crippen LogP contribution >= 0.6 is 0 Å². The van der Waals surface area contributed by atoms with Crippen LogP contribution in [0.5, 0.6) is 0 Å². The highest BCUT2D eigenvalue weighted by molar-refractivity contribution is 5.92. The molecule has 3 aliphatic rings. The maximum atomic E-state index is 12.8. The Bertz CT molecular complexity index is 790. The maximum Gasteiger partial charge on any atom is 0.326 e. The Morgan fingerprint density at radius 3 is 2.41 bits per heavy atom. The number of piperidine rings is 1. The van der Waals surface area contributed by atoms with Gasteiger partial charge < -0.3 is 14.9 Å². The van der Waals surface area contributed by atoms with E-state index >= 15 is 0 Å². The zero-order valence-corrected chi connectivity index (χ0v) is 15.8. The molecule has 1 N–H and O–H groups in total. The topological polar surface area (TPSA) is 95.7 Å². The van der Waals surface area contributed by atoms with Crippen molar-refractivity contribution in [2.75, 3.05) is 19.6 Å². The smallest absolute Gasteiger partial charge is 0.326 e. The third-order valence-corrected chi connectivity index (χ3v) is 6.34. The van der Waals surface area contributed by atoms with E-state index in [0.717, 1.165) is 31.4 Å². The summed E-state index contributed by atoms with van der Waals surface area (Å²) in [6.45, 7) is 3.53. The third-order valence-electron chi connectivity index (χ3n) is 6.34. The molecule has 0 radical (unpaired) electrons. The van der Waals surface area contributed by atoms with Crippen molar-refractivity contribution in [3.8, 4) is 0 Å². The molecule has 2 saturated heterocycles. The molecule has 27 heavy (non-hydrogen) atoms. The Morgan fingerprint density at radius 1 is 1.22 bits per heavy atom. The van der Waals surface area contributed by atoms with Gasteiger partial charge in [0.05, 0.1) is 5.69 Å². The van der Waals surface area contributed by atoms with Crippen molar-refractivity contribution in [2.24, 2.45) is 18.4 Å². The van der Waals surface area contributed by atoms with Crippen LogP contribution in [0.2, 0.25) is 0 Å². The van der Waals surface area contributed by atoms with Crippen LogP contribution in [-0.4, -0.2) is 68.1 Å². The number of aliphatic carboxylic acids is 1. The summed E-state index contributed by atoms with van der Waals surface area (Å²) in [6.07, 6.45) is 3.71. The van der Waals surface area contributed by atoms with E-state index in [1.54, 1.807) is 22.7 Å². The molecule has 146 valence electrons. The Hall–Kier alpha value is -2.38. The van der Waals surface area contributed by atoms with Gasteiger partial charge in [-0.25, -0.2) is 4.79 Å². The van der Waals surface area contributed by atoms with E-state index in [0.29, 0.717) is 31.7 Å². The SMILES string of the molecule is Cc1cc(C(=O)N2CCC3(CC2)C[C@H](C(=O)O)N(C(=O)C2CC2)C3)n(C)n1. The molecule has 1 aliphatic carbocycles. The monoisotopic (exact) mass is 374 g/mol. The van der Waals surface area contributed by atoms with Crippen molar-refractivity contribution in [3.63, 3.8) is 0 Å². The van der Waals surface area contributed by atoms with E-state index in [2.05, 4.69) is 5.10 Å². The lowest BCUT2D eigenvalue weighted by Crippen LogP contribution is -2.45. The number of nitrogens with zero attached hydrogens (tertiary/aromatic N) is 4. The lowest BCUT2D eigenvalue weighted by atomic mass is 9.76. The van der Waals surface area contributed by atoms with Crippen LogP contribution in [0.3, 0.4) is 0 Å². The molecule has 0 unspecified atom stereocenters. The first-order chi connectivity index (χ1) is 12.8. The summed E-state index contributed by atoms with van der Waals surface area (Å²) in [4.78, 5) is 40.5. The highest BCUT2D eigenvalue weighted by Gasteiger charge is 2.52. The van der Waals surface area contributed by atoms with Crippen molar-refractivity contribution < 1.29 is 19.5 Å². The minimum Gasteiger partial charge on any atom is -0.480 e. The van der Waals surface area contributed by atoms with Crippen LogP contribution in [0, 0.1) is 18.3 Å². The summed E-state index contributed by atoms with van der Waals surface area (Å²) in [6, 6.07) is 1.07. The standard InChI is InChI=1S/C19H26N4O4/c1-12-9-14(21(2)20-12)17(25)22-7-5-19(6-8-22)10-15(18(26)27)23(11-19)16(24)13-3-4-13/h9,13,15H,3-8,10-11H2,1-2H3,(H,26,27)/t15-/m1/s1. The average Bonchev–Trinajstić information content (AvgIpc) is 3.33. The second-order valence-electron chi connectivity index (χ2n) is 8.39. The number of likely N-dealkylation sites (tertiary alicyclic amines) is 2. The van der Waals surface area contributed by atoms with Crippen molar-refractivity contribution in [3.05, 3.63) is 17.5 Å². The predicted molar refractivity (Wildman–Crippen MR) is 96.0 cm³/mol. The second-order valence-corrected chi connectivity index (χ2v) is 8.39. The predicted octanol–water partition coefficient (Wildman–Crippen LogP) is 1.05. The highest BCUT2D eigenvalue weighted by atomic mass is 16.4. The largest absolute Gasteiger partial charge is 0.480 e. The summed E-state index contributed by atoms with van der Waals surface area (Å²) in [5, 5.41) is 13.8. The first-order valence-corrected chi connectivity index (χ1v) is 9.63. The van der Waals surface area contributed by atoms with Crippen LogP contribution in [0.4, 0.5) is 0 Å². The van der Waals surface area contributed by atoms with E-state index in [4.69, 9.17) is 0 Å². The Balaban J connectivity index is 1.45. The molecule has 8 heteroatoms. The van der Waals surface area contributed by atoms with Gasteiger partial charge in [-0.05, 0) is 50.5 Å². The Kier molecular flexibility index (Phi) is 4.24. The maximum absolute atomic E-state index is 12.8. The van der Waals surface area contributed by atoms with Crippen LogP contribution < -0.4 is 0 Å². The van der Waals surface area contributed by atoms with E-state index in [1.807, 2.05) is 11.8 Å². The number of hydrogen-bond donors (Lipinski definition) is 1.